The number of benzene rings is 1. The molecule has 0 aliphatic heterocycles. The van der Waals surface area contributed by atoms with Gasteiger partial charge in [0.05, 0.1) is 17.1 Å². The number of aliphatic hydroxyl groups is 1. The molecule has 1 rings (SSSR count). The zero-order valence-electron chi connectivity index (χ0n) is 9.18. The highest BCUT2D eigenvalue weighted by Crippen LogP contribution is 2.19. The molecular formula is C11H14FNO3. The third kappa shape index (κ3) is 3.27. The summed E-state index contributed by atoms with van der Waals surface area (Å²) in [5.74, 6) is -0.691. The molecule has 2 unspecified atom stereocenters. The van der Waals surface area contributed by atoms with Gasteiger partial charge < -0.3 is 5.11 Å². The molecule has 0 amide bonds. The number of nitro groups is 1. The molecule has 5 heteroatoms. The lowest BCUT2D eigenvalue weighted by molar-refractivity contribution is -0.385. The molecular weight excluding hydrogens is 213 g/mol. The Bertz CT molecular complexity index is 393. The molecule has 4 nitrogen and oxygen atoms in total. The minimum absolute atomic E-state index is 0.0681. The van der Waals surface area contributed by atoms with Gasteiger partial charge in [-0.1, -0.05) is 6.92 Å². The van der Waals surface area contributed by atoms with Crippen LogP contribution >= 0.6 is 0 Å². The van der Waals surface area contributed by atoms with Crippen molar-refractivity contribution in [1.82, 2.24) is 0 Å². The average molecular weight is 227 g/mol. The van der Waals surface area contributed by atoms with Gasteiger partial charge in [0.2, 0.25) is 0 Å². The van der Waals surface area contributed by atoms with Crippen molar-refractivity contribution in [2.75, 3.05) is 0 Å². The molecule has 0 spiro atoms. The molecule has 1 aromatic carbocycles. The molecule has 0 saturated carbocycles. The zero-order valence-corrected chi connectivity index (χ0v) is 9.18. The average Bonchev–Trinajstić information content (AvgIpc) is 2.16. The van der Waals surface area contributed by atoms with E-state index in [1.165, 1.54) is 12.1 Å². The van der Waals surface area contributed by atoms with Crippen LogP contribution in [0.1, 0.15) is 19.4 Å². The van der Waals surface area contributed by atoms with Gasteiger partial charge in [-0.2, -0.15) is 0 Å². The summed E-state index contributed by atoms with van der Waals surface area (Å²) in [6, 6.07) is 3.48. The highest BCUT2D eigenvalue weighted by atomic mass is 19.1. The van der Waals surface area contributed by atoms with Crippen molar-refractivity contribution < 1.29 is 14.4 Å². The lowest BCUT2D eigenvalue weighted by Crippen LogP contribution is -2.15. The number of aliphatic hydroxyl groups excluding tert-OH is 1. The Morgan fingerprint density at radius 3 is 2.56 bits per heavy atom. The van der Waals surface area contributed by atoms with Crippen LogP contribution in [0.4, 0.5) is 10.1 Å². The first-order valence-corrected chi connectivity index (χ1v) is 5.02. The number of hydrogen-bond donors (Lipinski definition) is 1. The van der Waals surface area contributed by atoms with Crippen molar-refractivity contribution in [3.8, 4) is 0 Å². The van der Waals surface area contributed by atoms with Gasteiger partial charge in [0.15, 0.2) is 0 Å². The minimum atomic E-state index is -0.625. The van der Waals surface area contributed by atoms with Crippen LogP contribution in [0.5, 0.6) is 0 Å². The second kappa shape index (κ2) is 5.03. The maximum atomic E-state index is 13.1. The third-order valence-corrected chi connectivity index (χ3v) is 2.53. The first-order valence-electron chi connectivity index (χ1n) is 5.02. The van der Waals surface area contributed by atoms with Gasteiger partial charge in [-0.15, -0.1) is 0 Å². The Hall–Kier alpha value is -1.49. The number of nitrogens with zero attached hydrogens (tertiary/aromatic N) is 1. The first-order chi connectivity index (χ1) is 7.40. The van der Waals surface area contributed by atoms with Crippen LogP contribution < -0.4 is 0 Å². The predicted octanol–water partition coefficient (Wildman–Crippen LogP) is 2.29. The largest absolute Gasteiger partial charge is 0.393 e. The second-order valence-electron chi connectivity index (χ2n) is 4.00. The Kier molecular flexibility index (Phi) is 3.95. The fraction of sp³-hybridized carbons (Fsp3) is 0.455. The minimum Gasteiger partial charge on any atom is -0.393 e. The van der Waals surface area contributed by atoms with Crippen molar-refractivity contribution >= 4 is 5.69 Å². The summed E-state index contributed by atoms with van der Waals surface area (Å²) in [6.07, 6.45) is -0.113. The van der Waals surface area contributed by atoms with E-state index >= 15 is 0 Å². The highest BCUT2D eigenvalue weighted by molar-refractivity contribution is 5.35. The fourth-order valence-corrected chi connectivity index (χ4v) is 1.40. The molecule has 0 aliphatic carbocycles. The molecule has 0 radical (unpaired) electrons. The van der Waals surface area contributed by atoms with Crippen molar-refractivity contribution in [3.63, 3.8) is 0 Å². The predicted molar refractivity (Wildman–Crippen MR) is 57.6 cm³/mol. The van der Waals surface area contributed by atoms with Crippen LogP contribution in [0.25, 0.3) is 0 Å². The van der Waals surface area contributed by atoms with Crippen LogP contribution in [0, 0.1) is 21.8 Å². The van der Waals surface area contributed by atoms with Crippen LogP contribution in [0.15, 0.2) is 18.2 Å². The molecule has 2 atom stereocenters. The van der Waals surface area contributed by atoms with Gasteiger partial charge in [-0.3, -0.25) is 10.1 Å². The fourth-order valence-electron chi connectivity index (χ4n) is 1.40. The van der Waals surface area contributed by atoms with Crippen LogP contribution in [0.2, 0.25) is 0 Å². The normalized spacial score (nSPS) is 14.5. The van der Waals surface area contributed by atoms with E-state index < -0.39 is 16.8 Å². The van der Waals surface area contributed by atoms with Crippen molar-refractivity contribution in [2.45, 2.75) is 26.4 Å². The summed E-state index contributed by atoms with van der Waals surface area (Å²) in [5, 5.41) is 19.8. The summed E-state index contributed by atoms with van der Waals surface area (Å²) in [4.78, 5) is 9.89. The molecule has 1 N–H and O–H groups in total. The summed E-state index contributed by atoms with van der Waals surface area (Å²) in [6.45, 7) is 3.44. The Balaban J connectivity index is 2.92. The number of halogens is 1. The standard InChI is InChI=1S/C11H14FNO3/c1-7(8(2)14)3-9-4-10(12)6-11(5-9)13(15)16/h4-8,14H,3H2,1-2H3. The van der Waals surface area contributed by atoms with Crippen LogP contribution in [-0.2, 0) is 6.42 Å². The Morgan fingerprint density at radius 2 is 2.06 bits per heavy atom. The van der Waals surface area contributed by atoms with Crippen molar-refractivity contribution in [3.05, 3.63) is 39.7 Å². The molecule has 0 saturated heterocycles. The summed E-state index contributed by atoms with van der Waals surface area (Å²) in [5.41, 5.74) is 0.271. The maximum absolute atomic E-state index is 13.1. The lowest BCUT2D eigenvalue weighted by Gasteiger charge is -2.14. The summed E-state index contributed by atoms with van der Waals surface area (Å²) < 4.78 is 13.1. The van der Waals surface area contributed by atoms with E-state index in [2.05, 4.69) is 0 Å². The third-order valence-electron chi connectivity index (χ3n) is 2.53. The van der Waals surface area contributed by atoms with Gasteiger partial charge in [0.25, 0.3) is 5.69 Å². The Labute approximate surface area is 92.9 Å². The first kappa shape index (κ1) is 12.6. The molecule has 88 valence electrons. The maximum Gasteiger partial charge on any atom is 0.272 e. The quantitative estimate of drug-likeness (QED) is 0.634. The topological polar surface area (TPSA) is 63.4 Å². The molecule has 1 aromatic rings. The van der Waals surface area contributed by atoms with Gasteiger partial charge in [-0.05, 0) is 30.9 Å². The van der Waals surface area contributed by atoms with Gasteiger partial charge >= 0.3 is 0 Å². The van der Waals surface area contributed by atoms with Crippen molar-refractivity contribution in [2.24, 2.45) is 5.92 Å². The highest BCUT2D eigenvalue weighted by Gasteiger charge is 2.14. The number of hydrogen-bond acceptors (Lipinski definition) is 3. The number of nitro benzene ring substituents is 1. The zero-order chi connectivity index (χ0) is 12.3. The van der Waals surface area contributed by atoms with Crippen molar-refractivity contribution in [1.29, 1.82) is 0 Å². The van der Waals surface area contributed by atoms with E-state index in [4.69, 9.17) is 0 Å². The number of rotatable bonds is 4. The van der Waals surface area contributed by atoms with E-state index in [1.54, 1.807) is 13.8 Å². The summed E-state index contributed by atoms with van der Waals surface area (Å²) in [7, 11) is 0. The number of non-ortho nitro benzene ring substituents is 1. The monoisotopic (exact) mass is 227 g/mol. The van der Waals surface area contributed by atoms with E-state index in [0.29, 0.717) is 12.0 Å². The SMILES string of the molecule is CC(O)C(C)Cc1cc(F)cc([N+](=O)[O-])c1. The van der Waals surface area contributed by atoms with Gasteiger partial charge in [0.1, 0.15) is 5.82 Å². The molecule has 0 heterocycles. The molecule has 0 bridgehead atoms. The van der Waals surface area contributed by atoms with E-state index in [9.17, 15) is 19.6 Å². The van der Waals surface area contributed by atoms with E-state index in [-0.39, 0.29) is 11.6 Å². The molecule has 0 aliphatic rings. The van der Waals surface area contributed by atoms with Crippen LogP contribution in [-0.4, -0.2) is 16.1 Å². The second-order valence-corrected chi connectivity index (χ2v) is 4.00. The molecule has 0 aromatic heterocycles. The van der Waals surface area contributed by atoms with E-state index in [0.717, 1.165) is 6.07 Å². The molecule has 0 fully saturated rings. The smallest absolute Gasteiger partial charge is 0.272 e. The Morgan fingerprint density at radius 1 is 1.44 bits per heavy atom. The summed E-state index contributed by atoms with van der Waals surface area (Å²) >= 11 is 0. The van der Waals surface area contributed by atoms with Gasteiger partial charge in [0, 0.05) is 6.07 Å². The van der Waals surface area contributed by atoms with Gasteiger partial charge in [-0.25, -0.2) is 4.39 Å². The van der Waals surface area contributed by atoms with E-state index in [1.807, 2.05) is 0 Å². The van der Waals surface area contributed by atoms with Crippen LogP contribution in [0.3, 0.4) is 0 Å². The lowest BCUT2D eigenvalue weighted by atomic mass is 9.96. The molecule has 16 heavy (non-hydrogen) atoms.